The maximum absolute atomic E-state index is 13.1. The Hall–Kier alpha value is -2.74. The average molecular weight is 481 g/mol. The van der Waals surface area contributed by atoms with Crippen molar-refractivity contribution in [3.05, 3.63) is 82.0 Å². The quantitative estimate of drug-likeness (QED) is 0.409. The highest BCUT2D eigenvalue weighted by molar-refractivity contribution is 9.10. The largest absolute Gasteiger partial charge is 0.497 e. The van der Waals surface area contributed by atoms with E-state index in [0.29, 0.717) is 18.9 Å². The molecule has 0 spiro atoms. The number of aromatic nitrogens is 1. The van der Waals surface area contributed by atoms with Gasteiger partial charge in [-0.1, -0.05) is 24.3 Å². The fourth-order valence-electron chi connectivity index (χ4n) is 2.92. The topological polar surface area (TPSA) is 34.6 Å². The summed E-state index contributed by atoms with van der Waals surface area (Å²) in [4.78, 5) is 6.00. The Labute approximate surface area is 181 Å². The minimum atomic E-state index is -4.47. The van der Waals surface area contributed by atoms with Gasteiger partial charge in [0.25, 0.3) is 0 Å². The molecule has 1 aromatic heterocycles. The van der Waals surface area contributed by atoms with E-state index >= 15 is 0 Å². The number of ether oxygens (including phenoxy) is 2. The number of nitrogens with zero attached hydrogens (tertiary/aromatic N) is 2. The fraction of sp³-hybridized carbons (Fsp3) is 0.227. The number of rotatable bonds is 7. The normalized spacial score (nSPS) is 11.3. The first kappa shape index (κ1) is 22.0. The molecule has 0 radical (unpaired) electrons. The van der Waals surface area contributed by atoms with Crippen molar-refractivity contribution < 1.29 is 22.6 Å². The van der Waals surface area contributed by atoms with E-state index in [0.717, 1.165) is 28.8 Å². The van der Waals surface area contributed by atoms with Crippen LogP contribution in [0, 0.1) is 0 Å². The Balaban J connectivity index is 1.92. The summed E-state index contributed by atoms with van der Waals surface area (Å²) in [5, 5.41) is 0. The van der Waals surface area contributed by atoms with Crippen molar-refractivity contribution >= 4 is 21.7 Å². The van der Waals surface area contributed by atoms with E-state index in [4.69, 9.17) is 9.47 Å². The van der Waals surface area contributed by atoms with Gasteiger partial charge in [-0.2, -0.15) is 13.2 Å². The molecule has 0 N–H and O–H groups in total. The first-order valence-corrected chi connectivity index (χ1v) is 9.83. The van der Waals surface area contributed by atoms with Gasteiger partial charge < -0.3 is 14.4 Å². The van der Waals surface area contributed by atoms with Crippen LogP contribution in [-0.2, 0) is 19.3 Å². The minimum Gasteiger partial charge on any atom is -0.497 e. The molecule has 4 nitrogen and oxygen atoms in total. The second-order valence-corrected chi connectivity index (χ2v) is 7.43. The molecule has 0 saturated heterocycles. The van der Waals surface area contributed by atoms with Gasteiger partial charge in [-0.3, -0.25) is 0 Å². The van der Waals surface area contributed by atoms with Crippen molar-refractivity contribution in [1.29, 1.82) is 0 Å². The molecule has 0 amide bonds. The number of halogens is 4. The number of pyridine rings is 1. The first-order valence-electron chi connectivity index (χ1n) is 9.03. The predicted molar refractivity (Wildman–Crippen MR) is 113 cm³/mol. The van der Waals surface area contributed by atoms with E-state index < -0.39 is 11.7 Å². The lowest BCUT2D eigenvalue weighted by Gasteiger charge is -2.25. The maximum Gasteiger partial charge on any atom is 0.418 e. The van der Waals surface area contributed by atoms with E-state index in [1.807, 2.05) is 53.4 Å². The summed E-state index contributed by atoms with van der Waals surface area (Å²) in [6, 6.07) is 16.4. The van der Waals surface area contributed by atoms with Crippen molar-refractivity contribution in [2.24, 2.45) is 0 Å². The molecule has 0 fully saturated rings. The molecule has 0 saturated carbocycles. The summed E-state index contributed by atoms with van der Waals surface area (Å²) < 4.78 is 49.7. The third-order valence-electron chi connectivity index (χ3n) is 4.53. The van der Waals surface area contributed by atoms with Crippen molar-refractivity contribution in [2.75, 3.05) is 19.1 Å². The lowest BCUT2D eigenvalue weighted by Crippen LogP contribution is -2.23. The summed E-state index contributed by atoms with van der Waals surface area (Å²) in [6.45, 7) is 0.918. The standard InChI is InChI=1S/C22H20BrF3N2O2/c1-29-17-7-3-15(4-8-17)13-28(14-16-5-9-18(30-2)10-6-16)21-11-20(23)19(12-27-21)22(24,25)26/h3-12H,13-14H2,1-2H3. The molecular formula is C22H20BrF3N2O2. The molecule has 0 unspecified atom stereocenters. The molecule has 3 aromatic rings. The number of anilines is 1. The number of methoxy groups -OCH3 is 2. The van der Waals surface area contributed by atoms with Crippen LogP contribution in [-0.4, -0.2) is 19.2 Å². The van der Waals surface area contributed by atoms with Crippen molar-refractivity contribution in [3.8, 4) is 11.5 Å². The van der Waals surface area contributed by atoms with Crippen LogP contribution < -0.4 is 14.4 Å². The van der Waals surface area contributed by atoms with Crippen molar-refractivity contribution in [3.63, 3.8) is 0 Å². The summed E-state index contributed by atoms with van der Waals surface area (Å²) >= 11 is 3.04. The van der Waals surface area contributed by atoms with E-state index in [2.05, 4.69) is 20.9 Å². The van der Waals surface area contributed by atoms with Crippen molar-refractivity contribution in [1.82, 2.24) is 4.98 Å². The highest BCUT2D eigenvalue weighted by Crippen LogP contribution is 2.36. The second-order valence-electron chi connectivity index (χ2n) is 6.57. The summed E-state index contributed by atoms with van der Waals surface area (Å²) in [7, 11) is 3.18. The van der Waals surface area contributed by atoms with Crippen LogP contribution in [0.15, 0.2) is 65.3 Å². The van der Waals surface area contributed by atoms with Crippen LogP contribution in [0.2, 0.25) is 0 Å². The van der Waals surface area contributed by atoms with Gasteiger partial charge in [0.15, 0.2) is 0 Å². The molecule has 30 heavy (non-hydrogen) atoms. The summed E-state index contributed by atoms with van der Waals surface area (Å²) in [5.74, 6) is 1.90. The van der Waals surface area contributed by atoms with Crippen molar-refractivity contribution in [2.45, 2.75) is 19.3 Å². The molecule has 2 aromatic carbocycles. The zero-order valence-corrected chi connectivity index (χ0v) is 18.0. The van der Waals surface area contributed by atoms with Crippen LogP contribution in [0.5, 0.6) is 11.5 Å². The van der Waals surface area contributed by atoms with Crippen LogP contribution >= 0.6 is 15.9 Å². The third kappa shape index (κ3) is 5.44. The fourth-order valence-corrected chi connectivity index (χ4v) is 3.45. The monoisotopic (exact) mass is 480 g/mol. The zero-order valence-electron chi connectivity index (χ0n) is 16.4. The molecule has 0 aliphatic carbocycles. The summed E-state index contributed by atoms with van der Waals surface area (Å²) in [6.07, 6.45) is -3.62. The molecule has 158 valence electrons. The smallest absolute Gasteiger partial charge is 0.418 e. The zero-order chi connectivity index (χ0) is 21.7. The molecule has 0 aliphatic heterocycles. The Kier molecular flexibility index (Phi) is 6.87. The number of hydrogen-bond acceptors (Lipinski definition) is 4. The second kappa shape index (κ2) is 9.38. The van der Waals surface area contributed by atoms with Gasteiger partial charge in [-0.25, -0.2) is 4.98 Å². The van der Waals surface area contributed by atoms with Gasteiger partial charge in [0, 0.05) is 23.8 Å². The van der Waals surface area contributed by atoms with Crippen LogP contribution in [0.3, 0.4) is 0 Å². The Morgan fingerprint density at radius 2 is 1.33 bits per heavy atom. The molecular weight excluding hydrogens is 461 g/mol. The lowest BCUT2D eigenvalue weighted by molar-refractivity contribution is -0.138. The molecule has 0 aliphatic rings. The number of benzene rings is 2. The Morgan fingerprint density at radius 3 is 1.70 bits per heavy atom. The van der Waals surface area contributed by atoms with E-state index in [9.17, 15) is 13.2 Å². The highest BCUT2D eigenvalue weighted by atomic mass is 79.9. The average Bonchev–Trinajstić information content (AvgIpc) is 2.73. The molecule has 8 heteroatoms. The van der Waals surface area contributed by atoms with Gasteiger partial charge in [0.05, 0.1) is 19.8 Å². The van der Waals surface area contributed by atoms with Gasteiger partial charge in [-0.15, -0.1) is 0 Å². The molecule has 0 bridgehead atoms. The first-order chi connectivity index (χ1) is 14.3. The molecule has 1 heterocycles. The van der Waals surface area contributed by atoms with Gasteiger partial charge >= 0.3 is 6.18 Å². The maximum atomic E-state index is 13.1. The van der Waals surface area contributed by atoms with Crippen LogP contribution in [0.25, 0.3) is 0 Å². The van der Waals surface area contributed by atoms with Crippen LogP contribution in [0.4, 0.5) is 19.0 Å². The molecule has 3 rings (SSSR count). The van der Waals surface area contributed by atoms with Gasteiger partial charge in [0.1, 0.15) is 17.3 Å². The number of alkyl halides is 3. The van der Waals surface area contributed by atoms with Gasteiger partial charge in [0.2, 0.25) is 0 Å². The Bertz CT molecular complexity index is 928. The van der Waals surface area contributed by atoms with E-state index in [1.54, 1.807) is 14.2 Å². The lowest BCUT2D eigenvalue weighted by atomic mass is 10.1. The van der Waals surface area contributed by atoms with Gasteiger partial charge in [-0.05, 0) is 57.4 Å². The number of hydrogen-bond donors (Lipinski definition) is 0. The van der Waals surface area contributed by atoms with Crippen LogP contribution in [0.1, 0.15) is 16.7 Å². The minimum absolute atomic E-state index is 0.0468. The highest BCUT2D eigenvalue weighted by Gasteiger charge is 2.33. The van der Waals surface area contributed by atoms with E-state index in [1.165, 1.54) is 6.07 Å². The summed E-state index contributed by atoms with van der Waals surface area (Å²) in [5.41, 5.74) is 1.14. The SMILES string of the molecule is COc1ccc(CN(Cc2ccc(OC)cc2)c2cc(Br)c(C(F)(F)F)cn2)cc1. The third-order valence-corrected chi connectivity index (χ3v) is 5.19. The van der Waals surface area contributed by atoms with E-state index in [-0.39, 0.29) is 4.47 Å². The Morgan fingerprint density at radius 1 is 0.867 bits per heavy atom. The predicted octanol–water partition coefficient (Wildman–Crippen LogP) is 6.09. The molecule has 0 atom stereocenters.